The first kappa shape index (κ1) is 16.8. The van der Waals surface area contributed by atoms with Crippen molar-refractivity contribution in [2.24, 2.45) is 0 Å². The molecule has 1 aromatic rings. The van der Waals surface area contributed by atoms with E-state index in [1.54, 1.807) is 4.90 Å². The molecular formula is C18H24N2O4. The zero-order chi connectivity index (χ0) is 17.5. The Morgan fingerprint density at radius 1 is 1.25 bits per heavy atom. The van der Waals surface area contributed by atoms with Crippen molar-refractivity contribution >= 4 is 12.1 Å². The smallest absolute Gasteiger partial charge is 0.410 e. The number of rotatable bonds is 3. The third kappa shape index (κ3) is 3.24. The van der Waals surface area contributed by atoms with Crippen LogP contribution in [0.4, 0.5) is 4.79 Å². The monoisotopic (exact) mass is 332 g/mol. The molecule has 1 N–H and O–H groups in total. The van der Waals surface area contributed by atoms with Gasteiger partial charge in [0.1, 0.15) is 11.6 Å². The first-order valence-corrected chi connectivity index (χ1v) is 8.28. The van der Waals surface area contributed by atoms with Gasteiger partial charge in [0.25, 0.3) is 0 Å². The van der Waals surface area contributed by atoms with E-state index in [0.29, 0.717) is 19.5 Å². The maximum Gasteiger partial charge on any atom is 0.410 e. The molecule has 1 amide bonds. The second-order valence-electron chi connectivity index (χ2n) is 7.53. The summed E-state index contributed by atoms with van der Waals surface area (Å²) >= 11 is 0. The number of aliphatic carboxylic acids is 1. The molecule has 0 saturated carbocycles. The molecule has 2 saturated heterocycles. The zero-order valence-electron chi connectivity index (χ0n) is 14.3. The van der Waals surface area contributed by atoms with Crippen molar-refractivity contribution < 1.29 is 19.4 Å². The molecule has 0 aromatic heterocycles. The summed E-state index contributed by atoms with van der Waals surface area (Å²) in [4.78, 5) is 27.8. The number of hydrogen-bond donors (Lipinski definition) is 1. The maximum absolute atomic E-state index is 12.4. The number of carbonyl (C=O) groups excluding carboxylic acids is 1. The quantitative estimate of drug-likeness (QED) is 0.920. The Balaban J connectivity index is 1.76. The van der Waals surface area contributed by atoms with Crippen molar-refractivity contribution in [3.05, 3.63) is 35.9 Å². The van der Waals surface area contributed by atoms with Crippen molar-refractivity contribution in [2.75, 3.05) is 6.54 Å². The van der Waals surface area contributed by atoms with E-state index in [4.69, 9.17) is 4.74 Å². The predicted octanol–water partition coefficient (Wildman–Crippen LogP) is 2.33. The van der Waals surface area contributed by atoms with Crippen LogP contribution in [0.15, 0.2) is 30.3 Å². The Bertz CT molecular complexity index is 626. The number of likely N-dealkylation sites (tertiary alicyclic amines) is 2. The second kappa shape index (κ2) is 6.09. The first-order valence-electron chi connectivity index (χ1n) is 8.28. The molecule has 2 fully saturated rings. The molecule has 3 atom stereocenters. The number of hydrogen-bond acceptors (Lipinski definition) is 4. The van der Waals surface area contributed by atoms with Crippen molar-refractivity contribution in [2.45, 2.75) is 57.5 Å². The molecule has 24 heavy (non-hydrogen) atoms. The van der Waals surface area contributed by atoms with Gasteiger partial charge in [0.2, 0.25) is 0 Å². The minimum absolute atomic E-state index is 0.0591. The van der Waals surface area contributed by atoms with Crippen LogP contribution in [0.3, 0.4) is 0 Å². The fraction of sp³-hybridized carbons (Fsp3) is 0.556. The highest BCUT2D eigenvalue weighted by Crippen LogP contribution is 2.38. The third-order valence-electron chi connectivity index (χ3n) is 4.60. The average Bonchev–Trinajstić information content (AvgIpc) is 3.04. The Morgan fingerprint density at radius 3 is 2.50 bits per heavy atom. The Kier molecular flexibility index (Phi) is 4.25. The topological polar surface area (TPSA) is 70.1 Å². The van der Waals surface area contributed by atoms with E-state index in [1.165, 1.54) is 0 Å². The van der Waals surface area contributed by atoms with Gasteiger partial charge in [-0.3, -0.25) is 9.69 Å². The van der Waals surface area contributed by atoms with Crippen LogP contribution in [0.25, 0.3) is 0 Å². The molecule has 2 heterocycles. The van der Waals surface area contributed by atoms with Gasteiger partial charge in [0, 0.05) is 19.1 Å². The van der Waals surface area contributed by atoms with E-state index < -0.39 is 23.7 Å². The molecule has 3 unspecified atom stereocenters. The van der Waals surface area contributed by atoms with Crippen molar-refractivity contribution in [3.8, 4) is 0 Å². The molecule has 2 bridgehead atoms. The van der Waals surface area contributed by atoms with E-state index in [1.807, 2.05) is 56.0 Å². The van der Waals surface area contributed by atoms with Crippen LogP contribution >= 0.6 is 0 Å². The number of amides is 1. The van der Waals surface area contributed by atoms with Crippen LogP contribution in [0.2, 0.25) is 0 Å². The largest absolute Gasteiger partial charge is 0.480 e. The van der Waals surface area contributed by atoms with E-state index in [0.717, 1.165) is 5.56 Å². The summed E-state index contributed by atoms with van der Waals surface area (Å²) in [6, 6.07) is 8.89. The van der Waals surface area contributed by atoms with Crippen molar-refractivity contribution in [1.29, 1.82) is 0 Å². The van der Waals surface area contributed by atoms with Crippen LogP contribution in [0.5, 0.6) is 0 Å². The number of fused-ring (bicyclic) bond motifs is 2. The summed E-state index contributed by atoms with van der Waals surface area (Å²) < 4.78 is 5.43. The van der Waals surface area contributed by atoms with Gasteiger partial charge < -0.3 is 14.7 Å². The second-order valence-corrected chi connectivity index (χ2v) is 7.53. The lowest BCUT2D eigenvalue weighted by atomic mass is 10.1. The highest BCUT2D eigenvalue weighted by atomic mass is 16.6. The molecule has 3 rings (SSSR count). The molecule has 6 nitrogen and oxygen atoms in total. The fourth-order valence-electron chi connectivity index (χ4n) is 3.69. The minimum atomic E-state index is -0.883. The number of carboxylic acid groups (broad SMARTS) is 1. The summed E-state index contributed by atoms with van der Waals surface area (Å²) in [5, 5.41) is 9.70. The normalized spacial score (nSPS) is 26.6. The Labute approximate surface area is 142 Å². The third-order valence-corrected chi connectivity index (χ3v) is 4.60. The van der Waals surface area contributed by atoms with Gasteiger partial charge in [-0.15, -0.1) is 0 Å². The van der Waals surface area contributed by atoms with Gasteiger partial charge in [-0.25, -0.2) is 4.79 Å². The molecule has 130 valence electrons. The fourth-order valence-corrected chi connectivity index (χ4v) is 3.69. The van der Waals surface area contributed by atoms with Crippen LogP contribution in [0.1, 0.15) is 32.8 Å². The van der Waals surface area contributed by atoms with Gasteiger partial charge in [0.05, 0.1) is 6.04 Å². The van der Waals surface area contributed by atoms with E-state index >= 15 is 0 Å². The van der Waals surface area contributed by atoms with Gasteiger partial charge >= 0.3 is 12.1 Å². The molecule has 6 heteroatoms. The number of carboxylic acids is 1. The summed E-state index contributed by atoms with van der Waals surface area (Å²) in [6.45, 7) is 6.55. The predicted molar refractivity (Wildman–Crippen MR) is 88.5 cm³/mol. The Morgan fingerprint density at radius 2 is 1.92 bits per heavy atom. The van der Waals surface area contributed by atoms with Crippen LogP contribution in [-0.2, 0) is 16.1 Å². The van der Waals surface area contributed by atoms with E-state index in [2.05, 4.69) is 0 Å². The summed E-state index contributed by atoms with van der Waals surface area (Å²) in [7, 11) is 0. The van der Waals surface area contributed by atoms with Crippen LogP contribution in [0, 0.1) is 0 Å². The van der Waals surface area contributed by atoms with Gasteiger partial charge in [-0.2, -0.15) is 0 Å². The standard InChI is InChI=1S/C18H24N2O4/c1-18(2,3)24-17(23)20-11-13-9-14(20)15(16(21)22)19(13)10-12-7-5-4-6-8-12/h4-8,13-15H,9-11H2,1-3H3,(H,21,22). The lowest BCUT2D eigenvalue weighted by molar-refractivity contribution is -0.146. The highest BCUT2D eigenvalue weighted by Gasteiger charge is 2.55. The summed E-state index contributed by atoms with van der Waals surface area (Å²) in [5.74, 6) is -0.883. The molecule has 0 aliphatic carbocycles. The van der Waals surface area contributed by atoms with Crippen molar-refractivity contribution in [1.82, 2.24) is 9.80 Å². The van der Waals surface area contributed by atoms with Crippen LogP contribution in [-0.4, -0.2) is 57.2 Å². The number of carbonyl (C=O) groups is 2. The first-order chi connectivity index (χ1) is 11.3. The number of nitrogens with zero attached hydrogens (tertiary/aromatic N) is 2. The molecule has 0 spiro atoms. The molecule has 2 aliphatic heterocycles. The molecule has 1 aromatic carbocycles. The van der Waals surface area contributed by atoms with Gasteiger partial charge in [-0.1, -0.05) is 30.3 Å². The van der Waals surface area contributed by atoms with E-state index in [-0.39, 0.29) is 12.1 Å². The summed E-state index contributed by atoms with van der Waals surface area (Å²) in [6.07, 6.45) is 0.267. The average molecular weight is 332 g/mol. The maximum atomic E-state index is 12.4. The SMILES string of the molecule is CC(C)(C)OC(=O)N1CC2CC1C(C(=O)O)N2Cc1ccccc1. The molecule has 0 radical (unpaired) electrons. The minimum Gasteiger partial charge on any atom is -0.480 e. The highest BCUT2D eigenvalue weighted by molar-refractivity contribution is 5.78. The van der Waals surface area contributed by atoms with Gasteiger partial charge in [-0.05, 0) is 32.8 Å². The van der Waals surface area contributed by atoms with Crippen LogP contribution < -0.4 is 0 Å². The van der Waals surface area contributed by atoms with E-state index in [9.17, 15) is 14.7 Å². The lowest BCUT2D eigenvalue weighted by Gasteiger charge is -2.39. The molecule has 2 aliphatic rings. The lowest BCUT2D eigenvalue weighted by Crippen LogP contribution is -2.58. The number of benzene rings is 1. The summed E-state index contributed by atoms with van der Waals surface area (Å²) in [5.41, 5.74) is 0.501. The Hall–Kier alpha value is -2.08. The van der Waals surface area contributed by atoms with Crippen molar-refractivity contribution in [3.63, 3.8) is 0 Å². The zero-order valence-corrected chi connectivity index (χ0v) is 14.3. The number of piperazine rings is 1. The molecular weight excluding hydrogens is 308 g/mol. The van der Waals surface area contributed by atoms with Gasteiger partial charge in [0.15, 0.2) is 0 Å². The number of ether oxygens (including phenoxy) is 1.